The molecule has 150 valence electrons. The van der Waals surface area contributed by atoms with Crippen molar-refractivity contribution >= 4 is 23.8 Å². The van der Waals surface area contributed by atoms with E-state index in [2.05, 4.69) is 17.7 Å². The first-order chi connectivity index (χ1) is 13.2. The van der Waals surface area contributed by atoms with Gasteiger partial charge in [0, 0.05) is 0 Å². The smallest absolute Gasteiger partial charge is 0.344 e. The van der Waals surface area contributed by atoms with E-state index in [0.29, 0.717) is 29.3 Å². The Kier molecular flexibility index (Phi) is 5.26. The van der Waals surface area contributed by atoms with E-state index in [-0.39, 0.29) is 11.3 Å². The number of esters is 1. The van der Waals surface area contributed by atoms with Crippen molar-refractivity contribution in [1.29, 1.82) is 0 Å². The molecule has 1 saturated carbocycles. The number of carbonyl (C=O) groups excluding carboxylic acids is 4. The van der Waals surface area contributed by atoms with E-state index in [0.717, 1.165) is 12.8 Å². The fourth-order valence-corrected chi connectivity index (χ4v) is 3.42. The van der Waals surface area contributed by atoms with Crippen LogP contribution in [-0.4, -0.2) is 46.1 Å². The standard InChI is InChI=1S/C19H23N3O6/c1-11-5-7-19(8-6-11)17(26)22(18(27)20-19)21-15(24)10-28-16(25)13-4-3-12(2)14(23)9-13/h3-4,9,11,23H,5-8,10H2,1-2H3,(H,20,27)(H,21,24). The van der Waals surface area contributed by atoms with Crippen LogP contribution in [0.15, 0.2) is 18.2 Å². The average molecular weight is 389 g/mol. The highest BCUT2D eigenvalue weighted by atomic mass is 16.5. The molecule has 4 amide bonds. The Morgan fingerprint density at radius 2 is 2.00 bits per heavy atom. The minimum atomic E-state index is -0.965. The monoisotopic (exact) mass is 389 g/mol. The summed E-state index contributed by atoms with van der Waals surface area (Å²) in [6.07, 6.45) is 2.68. The number of phenols is 1. The first-order valence-corrected chi connectivity index (χ1v) is 9.15. The van der Waals surface area contributed by atoms with Gasteiger partial charge < -0.3 is 15.2 Å². The van der Waals surface area contributed by atoms with Crippen molar-refractivity contribution in [1.82, 2.24) is 15.8 Å². The number of nitrogens with zero attached hydrogens (tertiary/aromatic N) is 1. The lowest BCUT2D eigenvalue weighted by atomic mass is 9.77. The largest absolute Gasteiger partial charge is 0.508 e. The maximum absolute atomic E-state index is 12.7. The van der Waals surface area contributed by atoms with E-state index in [1.807, 2.05) is 0 Å². The third-order valence-electron chi connectivity index (χ3n) is 5.31. The van der Waals surface area contributed by atoms with Crippen molar-refractivity contribution in [3.05, 3.63) is 29.3 Å². The number of aryl methyl sites for hydroxylation is 1. The lowest BCUT2D eigenvalue weighted by molar-refractivity contribution is -0.141. The lowest BCUT2D eigenvalue weighted by Crippen LogP contribution is -2.52. The molecule has 3 N–H and O–H groups in total. The fraction of sp³-hybridized carbons (Fsp3) is 0.474. The number of aromatic hydroxyl groups is 1. The van der Waals surface area contributed by atoms with Gasteiger partial charge in [0.1, 0.15) is 11.3 Å². The van der Waals surface area contributed by atoms with Crippen LogP contribution < -0.4 is 10.7 Å². The molecule has 1 aliphatic carbocycles. The summed E-state index contributed by atoms with van der Waals surface area (Å²) in [5.74, 6) is -1.69. The maximum atomic E-state index is 12.7. The zero-order valence-electron chi connectivity index (χ0n) is 15.8. The second-order valence-electron chi connectivity index (χ2n) is 7.45. The van der Waals surface area contributed by atoms with Gasteiger partial charge in [-0.25, -0.2) is 9.59 Å². The third-order valence-corrected chi connectivity index (χ3v) is 5.31. The van der Waals surface area contributed by atoms with Crippen molar-refractivity contribution in [2.24, 2.45) is 5.92 Å². The van der Waals surface area contributed by atoms with Crippen LogP contribution in [0.2, 0.25) is 0 Å². The van der Waals surface area contributed by atoms with Crippen LogP contribution in [0.4, 0.5) is 4.79 Å². The molecule has 9 nitrogen and oxygen atoms in total. The van der Waals surface area contributed by atoms with Crippen LogP contribution in [0.1, 0.15) is 48.5 Å². The highest BCUT2D eigenvalue weighted by molar-refractivity contribution is 6.08. The van der Waals surface area contributed by atoms with Gasteiger partial charge in [-0.3, -0.25) is 15.0 Å². The van der Waals surface area contributed by atoms with Gasteiger partial charge in [0.05, 0.1) is 5.56 Å². The van der Waals surface area contributed by atoms with Gasteiger partial charge in [-0.2, -0.15) is 5.01 Å². The molecular formula is C19H23N3O6. The fourth-order valence-electron chi connectivity index (χ4n) is 3.42. The number of imide groups is 1. The Morgan fingerprint density at radius 3 is 2.64 bits per heavy atom. The first-order valence-electron chi connectivity index (χ1n) is 9.15. The zero-order chi connectivity index (χ0) is 20.5. The first kappa shape index (κ1) is 19.7. The number of hydrogen-bond donors (Lipinski definition) is 3. The summed E-state index contributed by atoms with van der Waals surface area (Å²) >= 11 is 0. The van der Waals surface area contributed by atoms with E-state index < -0.39 is 36.0 Å². The minimum absolute atomic E-state index is 0.0645. The molecule has 28 heavy (non-hydrogen) atoms. The SMILES string of the molecule is Cc1ccc(C(=O)OCC(=O)NN2C(=O)NC3(CCC(C)CC3)C2=O)cc1O. The Bertz CT molecular complexity index is 829. The number of urea groups is 1. The summed E-state index contributed by atoms with van der Waals surface area (Å²) in [6, 6.07) is 3.55. The van der Waals surface area contributed by atoms with Gasteiger partial charge in [-0.05, 0) is 56.2 Å². The Balaban J connectivity index is 1.56. The second-order valence-corrected chi connectivity index (χ2v) is 7.45. The Labute approximate surface area is 162 Å². The number of rotatable bonds is 4. The van der Waals surface area contributed by atoms with Crippen molar-refractivity contribution in [3.63, 3.8) is 0 Å². The molecule has 1 spiro atoms. The van der Waals surface area contributed by atoms with Crippen LogP contribution >= 0.6 is 0 Å². The molecule has 2 fully saturated rings. The summed E-state index contributed by atoms with van der Waals surface area (Å²) in [4.78, 5) is 48.8. The summed E-state index contributed by atoms with van der Waals surface area (Å²) in [7, 11) is 0. The summed E-state index contributed by atoms with van der Waals surface area (Å²) in [5.41, 5.74) is 1.91. The van der Waals surface area contributed by atoms with Crippen molar-refractivity contribution in [2.75, 3.05) is 6.61 Å². The minimum Gasteiger partial charge on any atom is -0.508 e. The van der Waals surface area contributed by atoms with Gasteiger partial charge in [0.2, 0.25) is 0 Å². The number of hydrogen-bond acceptors (Lipinski definition) is 6. The predicted molar refractivity (Wildman–Crippen MR) is 97.0 cm³/mol. The van der Waals surface area contributed by atoms with Gasteiger partial charge in [-0.1, -0.05) is 13.0 Å². The molecular weight excluding hydrogens is 366 g/mol. The second kappa shape index (κ2) is 7.49. The number of phenolic OH excluding ortho intramolecular Hbond substituents is 1. The quantitative estimate of drug-likeness (QED) is 0.528. The number of hydrazine groups is 1. The summed E-state index contributed by atoms with van der Waals surface area (Å²) in [5, 5.41) is 13.0. The number of ether oxygens (including phenoxy) is 1. The van der Waals surface area contributed by atoms with E-state index in [1.54, 1.807) is 13.0 Å². The highest BCUT2D eigenvalue weighted by Crippen LogP contribution is 2.35. The predicted octanol–water partition coefficient (Wildman–Crippen LogP) is 1.39. The molecule has 0 aromatic heterocycles. The van der Waals surface area contributed by atoms with E-state index in [1.165, 1.54) is 12.1 Å². The van der Waals surface area contributed by atoms with Gasteiger partial charge in [0.25, 0.3) is 11.8 Å². The molecule has 3 rings (SSSR count). The van der Waals surface area contributed by atoms with E-state index in [4.69, 9.17) is 4.74 Å². The maximum Gasteiger partial charge on any atom is 0.344 e. The van der Waals surface area contributed by atoms with Crippen LogP contribution in [0, 0.1) is 12.8 Å². The molecule has 1 aliphatic heterocycles. The lowest BCUT2D eigenvalue weighted by Gasteiger charge is -2.33. The molecule has 0 bridgehead atoms. The summed E-state index contributed by atoms with van der Waals surface area (Å²) < 4.78 is 4.88. The third kappa shape index (κ3) is 3.78. The van der Waals surface area contributed by atoms with Crippen molar-refractivity contribution < 1.29 is 29.0 Å². The Morgan fingerprint density at radius 1 is 1.32 bits per heavy atom. The number of amides is 4. The molecule has 0 atom stereocenters. The van der Waals surface area contributed by atoms with Crippen LogP contribution in [0.25, 0.3) is 0 Å². The molecule has 1 aromatic rings. The molecule has 1 aromatic carbocycles. The van der Waals surface area contributed by atoms with Crippen LogP contribution in [-0.2, 0) is 14.3 Å². The zero-order valence-corrected chi connectivity index (χ0v) is 15.8. The van der Waals surface area contributed by atoms with Gasteiger partial charge in [0.15, 0.2) is 6.61 Å². The van der Waals surface area contributed by atoms with Crippen LogP contribution in [0.5, 0.6) is 5.75 Å². The highest BCUT2D eigenvalue weighted by Gasteiger charge is 2.52. The Hall–Kier alpha value is -3.10. The molecule has 1 heterocycles. The molecule has 2 aliphatic rings. The van der Waals surface area contributed by atoms with E-state index >= 15 is 0 Å². The van der Waals surface area contributed by atoms with Crippen molar-refractivity contribution in [2.45, 2.75) is 45.1 Å². The normalized spacial score (nSPS) is 24.2. The molecule has 0 radical (unpaired) electrons. The van der Waals surface area contributed by atoms with Gasteiger partial charge >= 0.3 is 12.0 Å². The number of benzene rings is 1. The molecule has 9 heteroatoms. The van der Waals surface area contributed by atoms with Crippen LogP contribution in [0.3, 0.4) is 0 Å². The number of nitrogens with one attached hydrogen (secondary N) is 2. The van der Waals surface area contributed by atoms with Gasteiger partial charge in [-0.15, -0.1) is 0 Å². The topological polar surface area (TPSA) is 125 Å². The molecule has 0 unspecified atom stereocenters. The average Bonchev–Trinajstić information content (AvgIpc) is 2.89. The molecule has 1 saturated heterocycles. The van der Waals surface area contributed by atoms with E-state index in [9.17, 15) is 24.3 Å². The summed E-state index contributed by atoms with van der Waals surface area (Å²) in [6.45, 7) is 3.10. The van der Waals surface area contributed by atoms with Crippen molar-refractivity contribution in [3.8, 4) is 5.75 Å². The number of carbonyl (C=O) groups is 4.